The van der Waals surface area contributed by atoms with Gasteiger partial charge in [0.05, 0.1) is 37.8 Å². The number of hydrogen-bond donors (Lipinski definition) is 7. The van der Waals surface area contributed by atoms with E-state index in [2.05, 4.69) is 172 Å². The molecule has 9 atom stereocenters. The van der Waals surface area contributed by atoms with Gasteiger partial charge in [-0.3, -0.25) is 37.7 Å². The van der Waals surface area contributed by atoms with Gasteiger partial charge in [-0.05, 0) is 150 Å². The van der Waals surface area contributed by atoms with Gasteiger partial charge in [0.25, 0.3) is 0 Å². The van der Waals surface area contributed by atoms with E-state index in [1.54, 1.807) is 33.9 Å². The van der Waals surface area contributed by atoms with Gasteiger partial charge in [-0.15, -0.1) is 0 Å². The maximum absolute atomic E-state index is 12.9. The van der Waals surface area contributed by atoms with Crippen molar-refractivity contribution in [3.05, 3.63) is 30.1 Å². The fourth-order valence-electron chi connectivity index (χ4n) is 12.1. The zero-order valence-electron chi connectivity index (χ0n) is 68.7. The summed E-state index contributed by atoms with van der Waals surface area (Å²) in [4.78, 5) is 84.5. The van der Waals surface area contributed by atoms with E-state index in [-0.39, 0.29) is 106 Å². The van der Waals surface area contributed by atoms with Crippen LogP contribution in [0.1, 0.15) is 323 Å². The summed E-state index contributed by atoms with van der Waals surface area (Å²) in [6.07, 6.45) is 20.0. The third-order valence-corrected chi connectivity index (χ3v) is 18.1. The highest BCUT2D eigenvalue weighted by Crippen LogP contribution is 2.31. The summed E-state index contributed by atoms with van der Waals surface area (Å²) in [5.74, 6) is 5.41. The fourth-order valence-corrected chi connectivity index (χ4v) is 12.1. The Balaban J connectivity index is -0.000000167. The number of nitrogens with zero attached hydrogens (tertiary/aromatic N) is 1. The monoisotopic (exact) mass is 1440 g/mol. The lowest BCUT2D eigenvalue weighted by Crippen LogP contribution is -2.42. The molecule has 4 amide bonds. The van der Waals surface area contributed by atoms with Gasteiger partial charge in [-0.1, -0.05) is 231 Å². The van der Waals surface area contributed by atoms with Crippen LogP contribution in [0.15, 0.2) is 24.4 Å². The van der Waals surface area contributed by atoms with Crippen molar-refractivity contribution in [3.63, 3.8) is 0 Å². The van der Waals surface area contributed by atoms with Crippen molar-refractivity contribution in [2.24, 2.45) is 100 Å². The summed E-state index contributed by atoms with van der Waals surface area (Å²) in [7, 11) is 0. The van der Waals surface area contributed by atoms with Crippen LogP contribution in [-0.2, 0) is 40.1 Å². The zero-order chi connectivity index (χ0) is 77.8. The molecule has 1 aromatic rings. The van der Waals surface area contributed by atoms with E-state index in [0.717, 1.165) is 108 Å². The molecule has 101 heavy (non-hydrogen) atoms. The Bertz CT molecular complexity index is 2030. The average Bonchev–Trinajstić information content (AvgIpc) is 0.935. The van der Waals surface area contributed by atoms with E-state index in [1.165, 1.54) is 0 Å². The minimum Gasteiger partial charge on any atom is -0.395 e. The smallest absolute Gasteiger partial charge is 0.223 e. The standard InChI is InChI=1S/C14H22N2O.2C13H25FO.C12H25NO2.C10H22N2O.C10H21NO2.C10H20O.2CH4/c1-4-7-13(11(2)3)14(17)16-10-12-8-5-6-9-15-12;2*1-5-6-7-13(10(2)3)12(9-14)8-11(4)15;1-6-7-10(9(2)3)11(14)13-8-12(4,5)15;1-4-5-9(8(2)3)10(13)12-7-6-11;1-4-5-9(8(2)3)10(13)11-6-7-12;1-5-7-9(8(3)4)10(11)6-2;;/h5-6,8-9,11,13H,4,7,10H2,1-3H3,(H,16,17);2*10,12-13H,5-9H2,1-4H3;9-10,15H,6-8H2,1-5H3,(H,13,14);8-9H,4-7,11H2,1-3H3,(H,12,13);8-9,12H,4-7H2,1-3H3,(H,11,13);8-9H,5-7H2,1-4H3;2*1H4/t;2*12-,13?;;;;;;/m.10....../s1. The number of rotatable bonds is 45. The Hall–Kier alpha value is -4.22. The molecular weight excluding hydrogens is 1270 g/mol. The number of unbranched alkanes of at least 4 members (excludes halogenated alkanes) is 2. The molecule has 0 saturated heterocycles. The molecule has 17 heteroatoms. The first-order valence-electron chi connectivity index (χ1n) is 39.0. The molecule has 0 saturated carbocycles. The molecule has 0 spiro atoms. The normalized spacial score (nSPS) is 13.6. The number of Topliss-reactive ketones (excluding diaryl/α,β-unsaturated/α-hetero) is 3. The Labute approximate surface area is 622 Å². The Kier molecular flexibility index (Phi) is 79.6. The van der Waals surface area contributed by atoms with E-state index < -0.39 is 5.60 Å². The minimum atomic E-state index is -0.830. The molecule has 0 aliphatic heterocycles. The Morgan fingerprint density at radius 3 is 1.05 bits per heavy atom. The van der Waals surface area contributed by atoms with Gasteiger partial charge >= 0.3 is 0 Å². The molecule has 602 valence electrons. The summed E-state index contributed by atoms with van der Waals surface area (Å²) in [5.41, 5.74) is 5.38. The number of aliphatic hydroxyl groups is 2. The number of aliphatic hydroxyl groups excluding tert-OH is 1. The minimum absolute atomic E-state index is 0. The quantitative estimate of drug-likeness (QED) is 0.0324. The summed E-state index contributed by atoms with van der Waals surface area (Å²) in [6.45, 7) is 54.2. The van der Waals surface area contributed by atoms with E-state index >= 15 is 0 Å². The molecule has 0 aliphatic carbocycles. The van der Waals surface area contributed by atoms with Gasteiger partial charge < -0.3 is 46.8 Å². The summed E-state index contributed by atoms with van der Waals surface area (Å²) in [6, 6.07) is 5.73. The lowest BCUT2D eigenvalue weighted by molar-refractivity contribution is -0.128. The molecule has 1 rings (SSSR count). The average molecular weight is 1440 g/mol. The van der Waals surface area contributed by atoms with Gasteiger partial charge in [0.15, 0.2) is 0 Å². The highest BCUT2D eigenvalue weighted by atomic mass is 19.1. The summed E-state index contributed by atoms with van der Waals surface area (Å²) in [5, 5.41) is 29.4. The van der Waals surface area contributed by atoms with Crippen LogP contribution in [0.4, 0.5) is 8.78 Å². The van der Waals surface area contributed by atoms with Crippen molar-refractivity contribution in [1.29, 1.82) is 0 Å². The molecule has 0 bridgehead atoms. The third-order valence-electron chi connectivity index (χ3n) is 18.1. The number of nitrogens with one attached hydrogen (secondary N) is 4. The molecule has 1 aromatic heterocycles. The first kappa shape index (κ1) is 113. The number of carbonyl (C=O) groups is 7. The number of carbonyl (C=O) groups excluding carboxylic acids is 7. The maximum atomic E-state index is 12.9. The van der Waals surface area contributed by atoms with Crippen molar-refractivity contribution in [3.8, 4) is 0 Å². The number of amides is 4. The molecule has 0 aromatic carbocycles. The fraction of sp³-hybridized carbons (Fsp3) is 0.857. The van der Waals surface area contributed by atoms with E-state index in [9.17, 15) is 47.4 Å². The third kappa shape index (κ3) is 62.8. The van der Waals surface area contributed by atoms with Gasteiger partial charge in [0.1, 0.15) is 17.3 Å². The first-order valence-corrected chi connectivity index (χ1v) is 39.0. The molecule has 15 nitrogen and oxygen atoms in total. The summed E-state index contributed by atoms with van der Waals surface area (Å²) < 4.78 is 25.8. The van der Waals surface area contributed by atoms with Gasteiger partial charge in [0.2, 0.25) is 23.6 Å². The lowest BCUT2D eigenvalue weighted by Gasteiger charge is -2.27. The van der Waals surface area contributed by atoms with E-state index in [1.807, 2.05) is 25.1 Å². The number of pyridine rings is 1. The van der Waals surface area contributed by atoms with Crippen molar-refractivity contribution in [2.45, 2.75) is 329 Å². The molecular formula is C84H168F2N6O9. The van der Waals surface area contributed by atoms with Gasteiger partial charge in [-0.2, -0.15) is 0 Å². The van der Waals surface area contributed by atoms with Crippen molar-refractivity contribution < 1.29 is 52.6 Å². The molecule has 7 unspecified atom stereocenters. The number of hydrogen-bond acceptors (Lipinski definition) is 11. The van der Waals surface area contributed by atoms with Crippen LogP contribution in [0.2, 0.25) is 0 Å². The number of alkyl halides is 2. The van der Waals surface area contributed by atoms with Gasteiger partial charge in [-0.25, -0.2) is 0 Å². The maximum Gasteiger partial charge on any atom is 0.223 e. The zero-order valence-corrected chi connectivity index (χ0v) is 68.7. The van der Waals surface area contributed by atoms with E-state index in [4.69, 9.17) is 10.8 Å². The van der Waals surface area contributed by atoms with E-state index in [0.29, 0.717) is 117 Å². The number of halogens is 2. The van der Waals surface area contributed by atoms with Crippen LogP contribution in [-0.4, -0.2) is 108 Å². The molecule has 1 heterocycles. The second-order valence-corrected chi connectivity index (χ2v) is 30.4. The SMILES string of the molecule is C.C.CCCC(C(=O)CC)C(C)C.CCCC(C(=O)NCC(C)(C)O)C(C)C.CCCC(C(=O)NCCN)C(C)C.CCCC(C(=O)NCCO)C(C)C.CCCC(C(=O)NCc1ccccn1)C(C)C.CCCCC(C(C)C)[C@@H](CF)CC(C)=O.CCCCC(C(C)C)[C@H](CF)CC(C)=O. The number of aromatic nitrogens is 1. The largest absolute Gasteiger partial charge is 0.395 e. The van der Waals surface area contributed by atoms with Gasteiger partial charge in [0, 0.05) is 81.2 Å². The van der Waals surface area contributed by atoms with Crippen LogP contribution in [0.25, 0.3) is 0 Å². The number of ketones is 3. The van der Waals surface area contributed by atoms with Crippen LogP contribution in [0.3, 0.4) is 0 Å². The van der Waals surface area contributed by atoms with Crippen LogP contribution >= 0.6 is 0 Å². The van der Waals surface area contributed by atoms with Crippen molar-refractivity contribution >= 4 is 41.0 Å². The molecule has 0 radical (unpaired) electrons. The van der Waals surface area contributed by atoms with Crippen LogP contribution in [0, 0.1) is 94.7 Å². The van der Waals surface area contributed by atoms with Crippen LogP contribution in [0.5, 0.6) is 0 Å². The number of nitrogens with two attached hydrogens (primary N) is 1. The topological polar surface area (TPSA) is 247 Å². The highest BCUT2D eigenvalue weighted by Gasteiger charge is 2.28. The van der Waals surface area contributed by atoms with Crippen LogP contribution < -0.4 is 27.0 Å². The second kappa shape index (κ2) is 71.4. The molecule has 0 aliphatic rings. The second-order valence-electron chi connectivity index (χ2n) is 30.4. The Morgan fingerprint density at radius 1 is 0.475 bits per heavy atom. The van der Waals surface area contributed by atoms with Crippen molar-refractivity contribution in [1.82, 2.24) is 26.3 Å². The predicted molar refractivity (Wildman–Crippen MR) is 428 cm³/mol. The molecule has 8 N–H and O–H groups in total. The lowest BCUT2D eigenvalue weighted by atomic mass is 9.78. The summed E-state index contributed by atoms with van der Waals surface area (Å²) >= 11 is 0. The molecule has 0 fully saturated rings. The van der Waals surface area contributed by atoms with Crippen molar-refractivity contribution in [2.75, 3.05) is 46.1 Å². The first-order chi connectivity index (χ1) is 46.4. The highest BCUT2D eigenvalue weighted by molar-refractivity contribution is 5.81. The predicted octanol–water partition coefficient (Wildman–Crippen LogP) is 19.4. The Morgan fingerprint density at radius 2 is 0.802 bits per heavy atom.